The average Bonchev–Trinajstić information content (AvgIpc) is 2.43. The van der Waals surface area contributed by atoms with E-state index in [-0.39, 0.29) is 17.9 Å². The van der Waals surface area contributed by atoms with Crippen molar-refractivity contribution < 1.29 is 14.2 Å². The predicted molar refractivity (Wildman–Crippen MR) is 68.6 cm³/mol. The second kappa shape index (κ2) is 5.70. The van der Waals surface area contributed by atoms with Crippen LogP contribution < -0.4 is 4.74 Å². The molecule has 0 saturated carbocycles. The molecule has 0 radical (unpaired) electrons. The fourth-order valence-electron chi connectivity index (χ4n) is 1.51. The summed E-state index contributed by atoms with van der Waals surface area (Å²) in [6.45, 7) is -0.239. The summed E-state index contributed by atoms with van der Waals surface area (Å²) >= 11 is 5.79. The zero-order valence-corrected chi connectivity index (χ0v) is 10.5. The van der Waals surface area contributed by atoms with Gasteiger partial charge in [0.2, 0.25) is 0 Å². The van der Waals surface area contributed by atoms with E-state index in [1.165, 1.54) is 24.3 Å². The quantitative estimate of drug-likeness (QED) is 0.932. The molecule has 2 rings (SSSR count). The summed E-state index contributed by atoms with van der Waals surface area (Å²) in [6.07, 6.45) is 0. The molecule has 0 heterocycles. The molecule has 0 spiro atoms. The van der Waals surface area contributed by atoms with Gasteiger partial charge in [0.25, 0.3) is 0 Å². The molecule has 2 aromatic rings. The lowest BCUT2D eigenvalue weighted by Gasteiger charge is -2.08. The van der Waals surface area contributed by atoms with Gasteiger partial charge in [-0.2, -0.15) is 5.26 Å². The Balaban J connectivity index is 2.29. The molecule has 0 bridgehead atoms. The Labute approximate surface area is 114 Å². The molecule has 5 heteroatoms. The molecule has 19 heavy (non-hydrogen) atoms. The highest BCUT2D eigenvalue weighted by Gasteiger charge is 2.08. The van der Waals surface area contributed by atoms with Crippen LogP contribution in [0, 0.1) is 17.1 Å². The van der Waals surface area contributed by atoms with Crippen LogP contribution in [0.4, 0.5) is 4.39 Å². The Morgan fingerprint density at radius 3 is 2.68 bits per heavy atom. The third kappa shape index (κ3) is 3.02. The molecule has 0 unspecified atom stereocenters. The van der Waals surface area contributed by atoms with Crippen LogP contribution in [0.2, 0.25) is 5.02 Å². The maximum atomic E-state index is 13.7. The smallest absolute Gasteiger partial charge is 0.166 e. The van der Waals surface area contributed by atoms with Crippen molar-refractivity contribution in [3.8, 4) is 17.6 Å². The second-order valence-corrected chi connectivity index (χ2v) is 4.19. The predicted octanol–water partition coefficient (Wildman–Crippen LogP) is 3.64. The molecular formula is C14H9ClFNO2. The van der Waals surface area contributed by atoms with E-state index in [0.29, 0.717) is 16.3 Å². The van der Waals surface area contributed by atoms with Gasteiger partial charge >= 0.3 is 0 Å². The topological polar surface area (TPSA) is 53.2 Å². The van der Waals surface area contributed by atoms with Crippen LogP contribution in [0.15, 0.2) is 36.4 Å². The van der Waals surface area contributed by atoms with E-state index in [9.17, 15) is 4.39 Å². The number of ether oxygens (including phenoxy) is 1. The number of hydrogen-bond acceptors (Lipinski definition) is 3. The Morgan fingerprint density at radius 2 is 2.05 bits per heavy atom. The molecule has 0 atom stereocenters. The Kier molecular flexibility index (Phi) is 4.00. The Bertz CT molecular complexity index is 652. The van der Waals surface area contributed by atoms with Gasteiger partial charge in [-0.15, -0.1) is 0 Å². The molecule has 0 aliphatic carbocycles. The molecule has 3 nitrogen and oxygen atoms in total. The van der Waals surface area contributed by atoms with E-state index < -0.39 is 5.82 Å². The van der Waals surface area contributed by atoms with E-state index in [1.54, 1.807) is 12.1 Å². The van der Waals surface area contributed by atoms with Crippen molar-refractivity contribution in [2.75, 3.05) is 0 Å². The minimum absolute atomic E-state index is 0.0170. The summed E-state index contributed by atoms with van der Waals surface area (Å²) in [6, 6.07) is 10.6. The van der Waals surface area contributed by atoms with Crippen LogP contribution in [-0.4, -0.2) is 5.11 Å². The highest BCUT2D eigenvalue weighted by molar-refractivity contribution is 6.31. The van der Waals surface area contributed by atoms with Crippen LogP contribution in [0.1, 0.15) is 11.1 Å². The zero-order chi connectivity index (χ0) is 13.8. The molecule has 0 aliphatic heterocycles. The van der Waals surface area contributed by atoms with Gasteiger partial charge in [0.05, 0.1) is 17.2 Å². The number of nitrogens with zero attached hydrogens (tertiary/aromatic N) is 1. The third-order valence-corrected chi connectivity index (χ3v) is 2.79. The van der Waals surface area contributed by atoms with Crippen molar-refractivity contribution in [2.45, 2.75) is 6.61 Å². The molecule has 2 aromatic carbocycles. The SMILES string of the molecule is N#Cc1cc(Oc2ccc(CO)cc2F)ccc1Cl. The third-order valence-electron chi connectivity index (χ3n) is 2.46. The Hall–Kier alpha value is -2.09. The summed E-state index contributed by atoms with van der Waals surface area (Å²) in [5.74, 6) is -0.250. The van der Waals surface area contributed by atoms with Crippen molar-refractivity contribution in [2.24, 2.45) is 0 Å². The van der Waals surface area contributed by atoms with Gasteiger partial charge in [0.1, 0.15) is 11.8 Å². The van der Waals surface area contributed by atoms with Gasteiger partial charge in [0, 0.05) is 6.07 Å². The lowest BCUT2D eigenvalue weighted by atomic mass is 10.2. The fourth-order valence-corrected chi connectivity index (χ4v) is 1.67. The van der Waals surface area contributed by atoms with Gasteiger partial charge in [-0.25, -0.2) is 4.39 Å². The maximum absolute atomic E-state index is 13.7. The van der Waals surface area contributed by atoms with Gasteiger partial charge < -0.3 is 9.84 Å². The van der Waals surface area contributed by atoms with E-state index >= 15 is 0 Å². The molecule has 0 saturated heterocycles. The molecule has 0 amide bonds. The standard InChI is InChI=1S/C14H9ClFNO2/c15-12-3-2-11(6-10(12)7-17)19-14-4-1-9(8-18)5-13(14)16/h1-6,18H,8H2. The summed E-state index contributed by atoms with van der Waals surface area (Å²) in [5, 5.41) is 18.0. The van der Waals surface area contributed by atoms with Crippen molar-refractivity contribution in [1.82, 2.24) is 0 Å². The number of aliphatic hydroxyl groups is 1. The van der Waals surface area contributed by atoms with Crippen LogP contribution in [-0.2, 0) is 6.61 Å². The number of halogens is 2. The molecular weight excluding hydrogens is 269 g/mol. The summed E-state index contributed by atoms with van der Waals surface area (Å²) in [4.78, 5) is 0. The van der Waals surface area contributed by atoms with Crippen LogP contribution >= 0.6 is 11.6 Å². The number of hydrogen-bond donors (Lipinski definition) is 1. The van der Waals surface area contributed by atoms with Gasteiger partial charge in [-0.3, -0.25) is 0 Å². The van der Waals surface area contributed by atoms with Crippen LogP contribution in [0.25, 0.3) is 0 Å². The van der Waals surface area contributed by atoms with Gasteiger partial charge in [-0.1, -0.05) is 17.7 Å². The summed E-state index contributed by atoms with van der Waals surface area (Å²) in [7, 11) is 0. The van der Waals surface area contributed by atoms with E-state index in [1.807, 2.05) is 6.07 Å². The lowest BCUT2D eigenvalue weighted by molar-refractivity contribution is 0.281. The zero-order valence-electron chi connectivity index (χ0n) is 9.73. The first kappa shape index (κ1) is 13.3. The number of rotatable bonds is 3. The first-order valence-electron chi connectivity index (χ1n) is 5.41. The highest BCUT2D eigenvalue weighted by atomic mass is 35.5. The van der Waals surface area contributed by atoms with E-state index in [2.05, 4.69) is 0 Å². The number of aliphatic hydroxyl groups excluding tert-OH is 1. The fraction of sp³-hybridized carbons (Fsp3) is 0.0714. The first-order valence-corrected chi connectivity index (χ1v) is 5.78. The van der Waals surface area contributed by atoms with Crippen molar-refractivity contribution in [3.63, 3.8) is 0 Å². The minimum atomic E-state index is -0.583. The molecule has 0 aromatic heterocycles. The van der Waals surface area contributed by atoms with Gasteiger partial charge in [-0.05, 0) is 29.8 Å². The first-order chi connectivity index (χ1) is 9.13. The largest absolute Gasteiger partial charge is 0.454 e. The molecule has 96 valence electrons. The monoisotopic (exact) mass is 277 g/mol. The summed E-state index contributed by atoms with van der Waals surface area (Å²) < 4.78 is 19.0. The molecule has 1 N–H and O–H groups in total. The van der Waals surface area contributed by atoms with Crippen LogP contribution in [0.5, 0.6) is 11.5 Å². The van der Waals surface area contributed by atoms with Crippen molar-refractivity contribution in [3.05, 3.63) is 58.4 Å². The number of nitriles is 1. The van der Waals surface area contributed by atoms with Crippen LogP contribution in [0.3, 0.4) is 0 Å². The van der Waals surface area contributed by atoms with Crippen molar-refractivity contribution >= 4 is 11.6 Å². The van der Waals surface area contributed by atoms with E-state index in [0.717, 1.165) is 0 Å². The number of benzene rings is 2. The van der Waals surface area contributed by atoms with Crippen molar-refractivity contribution in [1.29, 1.82) is 5.26 Å². The van der Waals surface area contributed by atoms with Gasteiger partial charge in [0.15, 0.2) is 11.6 Å². The lowest BCUT2D eigenvalue weighted by Crippen LogP contribution is -1.92. The summed E-state index contributed by atoms with van der Waals surface area (Å²) in [5.41, 5.74) is 0.713. The van der Waals surface area contributed by atoms with E-state index in [4.69, 9.17) is 26.7 Å². The Morgan fingerprint density at radius 1 is 1.26 bits per heavy atom. The highest BCUT2D eigenvalue weighted by Crippen LogP contribution is 2.28. The normalized spacial score (nSPS) is 10.0. The average molecular weight is 278 g/mol. The molecule has 0 fully saturated rings. The molecule has 0 aliphatic rings. The minimum Gasteiger partial charge on any atom is -0.454 e. The maximum Gasteiger partial charge on any atom is 0.166 e. The second-order valence-electron chi connectivity index (χ2n) is 3.78.